The van der Waals surface area contributed by atoms with E-state index in [0.717, 1.165) is 5.56 Å². The van der Waals surface area contributed by atoms with Gasteiger partial charge in [-0.3, -0.25) is 14.4 Å². The predicted molar refractivity (Wildman–Crippen MR) is 141 cm³/mol. The van der Waals surface area contributed by atoms with Gasteiger partial charge in [0.15, 0.2) is 11.6 Å². The van der Waals surface area contributed by atoms with Crippen LogP contribution in [-0.2, 0) is 21.0 Å². The fraction of sp³-hybridized carbons (Fsp3) is 0.321. The van der Waals surface area contributed by atoms with E-state index in [4.69, 9.17) is 39.5 Å². The van der Waals surface area contributed by atoms with Crippen LogP contribution < -0.4 is 4.74 Å². The number of Topliss-reactive ketones (excluding diaryl/α,β-unsaturated/α-hetero) is 2. The van der Waals surface area contributed by atoms with Gasteiger partial charge in [0.1, 0.15) is 18.9 Å². The number of allylic oxidation sites excluding steroid dienone is 4. The Kier molecular flexibility index (Phi) is 7.35. The molecule has 0 saturated carbocycles. The number of halogens is 3. The lowest BCUT2D eigenvalue weighted by atomic mass is 9.71. The molecular weight excluding hydrogens is 537 g/mol. The maximum Gasteiger partial charge on any atom is 0.323 e. The number of nitrogens with zero attached hydrogens (tertiary/aromatic N) is 1. The first-order chi connectivity index (χ1) is 17.7. The maximum atomic E-state index is 13.2. The van der Waals surface area contributed by atoms with Crippen LogP contribution in [0, 0.1) is 0 Å². The number of carboxylic acid groups (broad SMARTS) is 1. The van der Waals surface area contributed by atoms with Gasteiger partial charge in [-0.2, -0.15) is 0 Å². The molecule has 9 heteroatoms. The number of hydrogen-bond donors (Lipinski definition) is 1. The summed E-state index contributed by atoms with van der Waals surface area (Å²) in [4.78, 5) is 39.9. The van der Waals surface area contributed by atoms with Crippen molar-refractivity contribution in [3.8, 4) is 5.75 Å². The fourth-order valence-corrected chi connectivity index (χ4v) is 6.19. The lowest BCUT2D eigenvalue weighted by Gasteiger charge is -2.43. The lowest BCUT2D eigenvalue weighted by molar-refractivity contribution is -0.138. The van der Waals surface area contributed by atoms with E-state index in [9.17, 15) is 19.5 Å². The van der Waals surface area contributed by atoms with Crippen molar-refractivity contribution in [2.45, 2.75) is 51.0 Å². The highest BCUT2D eigenvalue weighted by Crippen LogP contribution is 2.49. The van der Waals surface area contributed by atoms with Gasteiger partial charge in [-0.25, -0.2) is 0 Å². The predicted octanol–water partition coefficient (Wildman–Crippen LogP) is 6.72. The molecule has 0 spiro atoms. The number of carbonyl (C=O) groups excluding carboxylic acids is 2. The number of ketones is 2. The Hall–Kier alpha value is -2.80. The van der Waals surface area contributed by atoms with Crippen LogP contribution in [-0.4, -0.2) is 34.1 Å². The average Bonchev–Trinajstić information content (AvgIpc) is 2.85. The summed E-state index contributed by atoms with van der Waals surface area (Å²) in [5.74, 6) is -1.25. The quantitative estimate of drug-likeness (QED) is 0.422. The van der Waals surface area contributed by atoms with Crippen molar-refractivity contribution in [3.63, 3.8) is 0 Å². The number of ether oxygens (including phenoxy) is 1. The normalized spacial score (nSPS) is 18.2. The van der Waals surface area contributed by atoms with Gasteiger partial charge in [0.05, 0.1) is 5.02 Å². The van der Waals surface area contributed by atoms with E-state index in [1.54, 1.807) is 35.2 Å². The number of benzene rings is 2. The Morgan fingerprint density at radius 3 is 2.11 bits per heavy atom. The van der Waals surface area contributed by atoms with E-state index < -0.39 is 11.9 Å². The summed E-state index contributed by atoms with van der Waals surface area (Å²) in [6.45, 7) is -0.0873. The smallest absolute Gasteiger partial charge is 0.323 e. The van der Waals surface area contributed by atoms with Gasteiger partial charge >= 0.3 is 5.97 Å². The minimum Gasteiger partial charge on any atom is -0.487 e. The Morgan fingerprint density at radius 1 is 0.892 bits per heavy atom. The second-order valence-electron chi connectivity index (χ2n) is 9.40. The van der Waals surface area contributed by atoms with Crippen molar-refractivity contribution in [2.24, 2.45) is 0 Å². The SMILES string of the molecule is O=C(O)CN1C2=C(C(=O)CCC2)C(c2ccc(OCc3ccc(Cl)cc3Cl)c(Cl)c2)C2=C1CCCC2=O. The lowest BCUT2D eigenvalue weighted by Crippen LogP contribution is -2.41. The Bertz CT molecular complexity index is 1340. The molecule has 1 N–H and O–H groups in total. The van der Waals surface area contributed by atoms with E-state index in [1.165, 1.54) is 0 Å². The van der Waals surface area contributed by atoms with Gasteiger partial charge in [-0.1, -0.05) is 46.9 Å². The molecule has 3 aliphatic rings. The molecule has 2 aromatic carbocycles. The number of rotatable bonds is 6. The molecule has 37 heavy (non-hydrogen) atoms. The number of carboxylic acids is 1. The molecule has 0 bridgehead atoms. The topological polar surface area (TPSA) is 83.9 Å². The number of carbonyl (C=O) groups is 3. The zero-order chi connectivity index (χ0) is 26.3. The van der Waals surface area contributed by atoms with Gasteiger partial charge in [-0.15, -0.1) is 0 Å². The van der Waals surface area contributed by atoms with Crippen LogP contribution in [0.3, 0.4) is 0 Å². The molecule has 0 unspecified atom stereocenters. The third kappa shape index (κ3) is 5.02. The summed E-state index contributed by atoms with van der Waals surface area (Å²) in [5.41, 5.74) is 3.92. The van der Waals surface area contributed by atoms with Crippen LogP contribution in [0.15, 0.2) is 58.9 Å². The minimum atomic E-state index is -1.00. The highest BCUT2D eigenvalue weighted by atomic mass is 35.5. The summed E-state index contributed by atoms with van der Waals surface area (Å²) < 4.78 is 5.91. The summed E-state index contributed by atoms with van der Waals surface area (Å²) >= 11 is 18.9. The first-order valence-electron chi connectivity index (χ1n) is 12.1. The van der Waals surface area contributed by atoms with Crippen LogP contribution >= 0.6 is 34.8 Å². The second-order valence-corrected chi connectivity index (χ2v) is 10.7. The van der Waals surface area contributed by atoms with Crippen molar-refractivity contribution in [1.29, 1.82) is 0 Å². The zero-order valence-corrected chi connectivity index (χ0v) is 22.1. The molecule has 0 atom stereocenters. The third-order valence-electron chi connectivity index (χ3n) is 7.07. The standard InChI is InChI=1S/C28H24Cl3NO5/c29-17-9-7-16(18(30)12-17)14-37-24-10-8-15(11-19(24)31)26-27-20(3-1-5-22(27)33)32(13-25(35)36)21-4-2-6-23(34)28(21)26/h7-12,26H,1-6,13-14H2,(H,35,36). The van der Waals surface area contributed by atoms with Crippen LogP contribution in [0.1, 0.15) is 55.6 Å². The van der Waals surface area contributed by atoms with E-state index in [-0.39, 0.29) is 24.7 Å². The van der Waals surface area contributed by atoms with Gasteiger partial charge in [0, 0.05) is 56.9 Å². The summed E-state index contributed by atoms with van der Waals surface area (Å²) in [6, 6.07) is 10.4. The largest absolute Gasteiger partial charge is 0.487 e. The monoisotopic (exact) mass is 559 g/mol. The molecule has 0 saturated heterocycles. The third-order valence-corrected chi connectivity index (χ3v) is 7.95. The molecule has 192 valence electrons. The van der Waals surface area contributed by atoms with E-state index in [0.29, 0.717) is 87.4 Å². The van der Waals surface area contributed by atoms with Crippen LogP contribution in [0.5, 0.6) is 5.75 Å². The molecule has 5 rings (SSSR count). The van der Waals surface area contributed by atoms with Crippen molar-refractivity contribution < 1.29 is 24.2 Å². The first-order valence-corrected chi connectivity index (χ1v) is 13.3. The molecular formula is C28H24Cl3NO5. The number of aliphatic carboxylic acids is 1. The van der Waals surface area contributed by atoms with Gasteiger partial charge in [0.2, 0.25) is 0 Å². The molecule has 2 aromatic rings. The second kappa shape index (κ2) is 10.5. The Labute approximate surface area is 229 Å². The molecule has 0 aromatic heterocycles. The van der Waals surface area contributed by atoms with Crippen molar-refractivity contribution in [3.05, 3.63) is 85.1 Å². The maximum absolute atomic E-state index is 13.2. The van der Waals surface area contributed by atoms with E-state index in [2.05, 4.69) is 0 Å². The highest BCUT2D eigenvalue weighted by Gasteiger charge is 2.43. The summed E-state index contributed by atoms with van der Waals surface area (Å²) in [7, 11) is 0. The van der Waals surface area contributed by atoms with E-state index >= 15 is 0 Å². The van der Waals surface area contributed by atoms with Gasteiger partial charge in [0.25, 0.3) is 0 Å². The molecule has 2 aliphatic carbocycles. The first kappa shape index (κ1) is 25.8. The molecule has 1 aliphatic heterocycles. The number of hydrogen-bond acceptors (Lipinski definition) is 5. The molecule has 1 heterocycles. The van der Waals surface area contributed by atoms with Crippen molar-refractivity contribution in [2.75, 3.05) is 6.54 Å². The minimum absolute atomic E-state index is 0.0552. The average molecular weight is 561 g/mol. The Balaban J connectivity index is 1.53. The van der Waals surface area contributed by atoms with Gasteiger partial charge < -0.3 is 14.7 Å². The summed E-state index contributed by atoms with van der Waals surface area (Å²) in [5, 5.41) is 10.9. The van der Waals surface area contributed by atoms with E-state index in [1.807, 2.05) is 6.07 Å². The Morgan fingerprint density at radius 2 is 1.54 bits per heavy atom. The van der Waals surface area contributed by atoms with Gasteiger partial charge in [-0.05, 0) is 55.5 Å². The fourth-order valence-electron chi connectivity index (χ4n) is 5.48. The molecule has 6 nitrogen and oxygen atoms in total. The molecule has 0 fully saturated rings. The molecule has 0 radical (unpaired) electrons. The summed E-state index contributed by atoms with van der Waals surface area (Å²) in [6.07, 6.45) is 3.21. The van der Waals surface area contributed by atoms with Crippen LogP contribution in [0.25, 0.3) is 0 Å². The van der Waals surface area contributed by atoms with Crippen LogP contribution in [0.2, 0.25) is 15.1 Å². The van der Waals surface area contributed by atoms with Crippen molar-refractivity contribution >= 4 is 52.3 Å². The highest BCUT2D eigenvalue weighted by molar-refractivity contribution is 6.35. The molecule has 0 amide bonds. The van der Waals surface area contributed by atoms with Crippen molar-refractivity contribution in [1.82, 2.24) is 4.90 Å². The zero-order valence-electron chi connectivity index (χ0n) is 19.9. The van der Waals surface area contributed by atoms with Crippen LogP contribution in [0.4, 0.5) is 0 Å².